The third-order valence-corrected chi connectivity index (χ3v) is 4.53. The van der Waals surface area contributed by atoms with Gasteiger partial charge in [0.15, 0.2) is 0 Å². The highest BCUT2D eigenvalue weighted by Crippen LogP contribution is 2.33. The zero-order chi connectivity index (χ0) is 11.7. The van der Waals surface area contributed by atoms with Crippen LogP contribution < -0.4 is 5.32 Å². The third-order valence-electron chi connectivity index (χ3n) is 3.64. The van der Waals surface area contributed by atoms with Crippen LogP contribution in [0.2, 0.25) is 0 Å². The number of nitrogens with one attached hydrogen (secondary N) is 1. The molecule has 0 saturated carbocycles. The normalized spacial score (nSPS) is 29.6. The molecule has 1 aromatic rings. The van der Waals surface area contributed by atoms with E-state index in [4.69, 9.17) is 0 Å². The van der Waals surface area contributed by atoms with Gasteiger partial charge in [-0.15, -0.1) is 0 Å². The lowest BCUT2D eigenvalue weighted by atomic mass is 9.89. The highest BCUT2D eigenvalue weighted by molar-refractivity contribution is 9.10. The number of benzene rings is 1. The minimum absolute atomic E-state index is 0.649. The van der Waals surface area contributed by atoms with Crippen LogP contribution in [0.3, 0.4) is 0 Å². The van der Waals surface area contributed by atoms with Crippen molar-refractivity contribution < 1.29 is 0 Å². The van der Waals surface area contributed by atoms with Crippen LogP contribution in [0.5, 0.6) is 0 Å². The Bertz CT molecular complexity index is 375. The van der Waals surface area contributed by atoms with Gasteiger partial charge in [-0.2, -0.15) is 0 Å². The first-order chi connectivity index (χ1) is 7.61. The first kappa shape index (κ1) is 12.1. The monoisotopic (exact) mass is 281 g/mol. The summed E-state index contributed by atoms with van der Waals surface area (Å²) in [7, 11) is 0. The number of hydrogen-bond acceptors (Lipinski definition) is 1. The van der Waals surface area contributed by atoms with Crippen LogP contribution >= 0.6 is 15.9 Å². The van der Waals surface area contributed by atoms with Gasteiger partial charge in [0, 0.05) is 22.5 Å². The molecule has 2 heteroatoms. The van der Waals surface area contributed by atoms with Gasteiger partial charge in [-0.05, 0) is 43.9 Å². The van der Waals surface area contributed by atoms with Crippen LogP contribution in [-0.4, -0.2) is 12.1 Å². The van der Waals surface area contributed by atoms with Crippen molar-refractivity contribution in [2.24, 2.45) is 0 Å². The smallest absolute Gasteiger partial charge is 0.0204 e. The van der Waals surface area contributed by atoms with Crippen molar-refractivity contribution in [3.63, 3.8) is 0 Å². The summed E-state index contributed by atoms with van der Waals surface area (Å²) in [5, 5.41) is 3.67. The number of aryl methyl sites for hydroxylation is 1. The van der Waals surface area contributed by atoms with E-state index in [2.05, 4.69) is 60.2 Å². The topological polar surface area (TPSA) is 12.0 Å². The van der Waals surface area contributed by atoms with E-state index >= 15 is 0 Å². The molecule has 0 radical (unpaired) electrons. The van der Waals surface area contributed by atoms with E-state index < -0.39 is 0 Å². The molecule has 3 unspecified atom stereocenters. The average molecular weight is 282 g/mol. The highest BCUT2D eigenvalue weighted by Gasteiger charge is 2.31. The summed E-state index contributed by atoms with van der Waals surface area (Å²) in [5.74, 6) is 0.687. The Hall–Kier alpha value is -0.340. The van der Waals surface area contributed by atoms with E-state index in [0.717, 1.165) is 0 Å². The molecule has 0 aromatic heterocycles. The Labute approximate surface area is 107 Å². The summed E-state index contributed by atoms with van der Waals surface area (Å²) < 4.78 is 1.21. The molecule has 2 rings (SSSR count). The van der Waals surface area contributed by atoms with Gasteiger partial charge in [0.25, 0.3) is 0 Å². The molecule has 3 atom stereocenters. The zero-order valence-corrected chi connectivity index (χ0v) is 11.8. The van der Waals surface area contributed by atoms with E-state index in [-0.39, 0.29) is 0 Å². The van der Waals surface area contributed by atoms with Crippen molar-refractivity contribution in [2.75, 3.05) is 0 Å². The van der Waals surface area contributed by atoms with Crippen molar-refractivity contribution in [3.8, 4) is 0 Å². The van der Waals surface area contributed by atoms with E-state index in [1.807, 2.05) is 0 Å². The van der Waals surface area contributed by atoms with Crippen LogP contribution in [0.1, 0.15) is 43.7 Å². The number of hydrogen-bond donors (Lipinski definition) is 1. The predicted octanol–water partition coefficient (Wildman–Crippen LogP) is 4.00. The second-order valence-electron chi connectivity index (χ2n) is 4.93. The predicted molar refractivity (Wildman–Crippen MR) is 72.9 cm³/mol. The minimum atomic E-state index is 0.649. The van der Waals surface area contributed by atoms with Crippen LogP contribution in [0.15, 0.2) is 22.7 Å². The van der Waals surface area contributed by atoms with Gasteiger partial charge in [0.05, 0.1) is 0 Å². The molecule has 0 amide bonds. The van der Waals surface area contributed by atoms with Crippen LogP contribution in [-0.2, 0) is 0 Å². The fourth-order valence-electron chi connectivity index (χ4n) is 2.76. The summed E-state index contributed by atoms with van der Waals surface area (Å²) in [6, 6.07) is 8.08. The van der Waals surface area contributed by atoms with Crippen molar-refractivity contribution >= 4 is 15.9 Å². The average Bonchev–Trinajstić information content (AvgIpc) is 2.63. The molecule has 1 N–H and O–H groups in total. The van der Waals surface area contributed by atoms with E-state index in [0.29, 0.717) is 18.0 Å². The molecule has 0 aliphatic carbocycles. The van der Waals surface area contributed by atoms with Gasteiger partial charge < -0.3 is 5.32 Å². The zero-order valence-electron chi connectivity index (χ0n) is 10.3. The summed E-state index contributed by atoms with van der Waals surface area (Å²) in [4.78, 5) is 0. The maximum Gasteiger partial charge on any atom is 0.0204 e. The van der Waals surface area contributed by atoms with E-state index in [9.17, 15) is 0 Å². The molecule has 1 saturated heterocycles. The van der Waals surface area contributed by atoms with Gasteiger partial charge in [-0.1, -0.05) is 35.0 Å². The first-order valence-corrected chi connectivity index (χ1v) is 6.93. The standard InChI is InChI=1S/C14H20BrN/c1-4-14-12(8-10(3)16-14)11-5-6-13(15)9(2)7-11/h5-7,10,12,14,16H,4,8H2,1-3H3. The first-order valence-electron chi connectivity index (χ1n) is 6.14. The quantitative estimate of drug-likeness (QED) is 0.864. The van der Waals surface area contributed by atoms with Crippen molar-refractivity contribution in [1.82, 2.24) is 5.32 Å². The van der Waals surface area contributed by atoms with Gasteiger partial charge in [0.1, 0.15) is 0 Å². The fourth-order valence-corrected chi connectivity index (χ4v) is 3.01. The minimum Gasteiger partial charge on any atom is -0.311 e. The molecule has 16 heavy (non-hydrogen) atoms. The Balaban J connectivity index is 2.26. The van der Waals surface area contributed by atoms with E-state index in [1.165, 1.54) is 28.4 Å². The Morgan fingerprint density at radius 2 is 2.19 bits per heavy atom. The van der Waals surface area contributed by atoms with Crippen molar-refractivity contribution in [3.05, 3.63) is 33.8 Å². The SMILES string of the molecule is CCC1NC(C)CC1c1ccc(Br)c(C)c1. The van der Waals surface area contributed by atoms with Gasteiger partial charge in [0.2, 0.25) is 0 Å². The second-order valence-corrected chi connectivity index (χ2v) is 5.79. The lowest BCUT2D eigenvalue weighted by Crippen LogP contribution is -2.28. The highest BCUT2D eigenvalue weighted by atomic mass is 79.9. The molecule has 1 heterocycles. The molecular weight excluding hydrogens is 262 g/mol. The number of halogens is 1. The Kier molecular flexibility index (Phi) is 3.70. The van der Waals surface area contributed by atoms with Crippen LogP contribution in [0.4, 0.5) is 0 Å². The summed E-state index contributed by atoms with van der Waals surface area (Å²) >= 11 is 3.57. The van der Waals surface area contributed by atoms with Crippen LogP contribution in [0, 0.1) is 6.92 Å². The summed E-state index contributed by atoms with van der Waals surface area (Å²) in [6.45, 7) is 6.73. The maximum atomic E-state index is 3.67. The van der Waals surface area contributed by atoms with E-state index in [1.54, 1.807) is 0 Å². The van der Waals surface area contributed by atoms with Crippen molar-refractivity contribution in [1.29, 1.82) is 0 Å². The molecule has 1 nitrogen and oxygen atoms in total. The molecular formula is C14H20BrN. The van der Waals surface area contributed by atoms with Crippen LogP contribution in [0.25, 0.3) is 0 Å². The maximum absolute atomic E-state index is 3.67. The van der Waals surface area contributed by atoms with Gasteiger partial charge in [-0.3, -0.25) is 0 Å². The lowest BCUT2D eigenvalue weighted by Gasteiger charge is -2.19. The fraction of sp³-hybridized carbons (Fsp3) is 0.571. The van der Waals surface area contributed by atoms with Gasteiger partial charge >= 0.3 is 0 Å². The molecule has 0 bridgehead atoms. The van der Waals surface area contributed by atoms with Crippen molar-refractivity contribution in [2.45, 2.75) is 51.6 Å². The Morgan fingerprint density at radius 3 is 2.81 bits per heavy atom. The molecule has 1 aliphatic rings. The van der Waals surface area contributed by atoms with Gasteiger partial charge in [-0.25, -0.2) is 0 Å². The summed E-state index contributed by atoms with van der Waals surface area (Å²) in [5.41, 5.74) is 2.83. The molecule has 1 aliphatic heterocycles. The molecule has 0 spiro atoms. The molecule has 1 aromatic carbocycles. The summed E-state index contributed by atoms with van der Waals surface area (Å²) in [6.07, 6.45) is 2.48. The second kappa shape index (κ2) is 4.89. The Morgan fingerprint density at radius 1 is 1.44 bits per heavy atom. The molecule has 88 valence electrons. The molecule has 1 fully saturated rings. The largest absolute Gasteiger partial charge is 0.311 e. The third kappa shape index (κ3) is 2.33. The lowest BCUT2D eigenvalue weighted by molar-refractivity contribution is 0.517. The number of rotatable bonds is 2.